The number of para-hydroxylation sites is 2. The summed E-state index contributed by atoms with van der Waals surface area (Å²) in [6.45, 7) is 11.5. The minimum Gasteiger partial charge on any atom is -0.392 e. The van der Waals surface area contributed by atoms with Gasteiger partial charge in [-0.2, -0.15) is 16.8 Å². The van der Waals surface area contributed by atoms with Gasteiger partial charge in [0.25, 0.3) is 0 Å². The van der Waals surface area contributed by atoms with E-state index in [1.807, 2.05) is 125 Å². The first-order valence-electron chi connectivity index (χ1n) is 26.0. The number of aliphatic hydroxyl groups excluding tert-OH is 2. The standard InChI is InChI=1S/C28H28N6O2.C24H21N5O3S.C5H11NO.ClH.2O2S/c1-16-14-29-28(31-22-10-7-11-24(22)35)32-26(16)21-15-34(19-8-5-4-6-9-19)27-20(21)12-13-23(30-27)25-17(2)33-36-18(25)3;1-14-12-25-24(33(4,30)31)27-22(14)19-13-29(17-8-6-5-7-9-17)23-18(19)10-11-20(26-23)21-15(2)28-32-16(21)3;6-4-2-1-3-5(4)7;;2*1-3-2/h4-6,8-9,12-15,22,24,35H,7,10-11H2,1-3H3,(H,29,31,32);5-13H,1-4H3;4-5,7H,1-3,6H2;1H;;/t22-,24+;;4-,5+;;;/m0.0.../s1. The first kappa shape index (κ1) is 62.6. The zero-order valence-corrected chi connectivity index (χ0v) is 49.6. The van der Waals surface area contributed by atoms with Crippen LogP contribution in [0.2, 0.25) is 0 Å². The predicted molar refractivity (Wildman–Crippen MR) is 317 cm³/mol. The van der Waals surface area contributed by atoms with Gasteiger partial charge in [-0.3, -0.25) is 0 Å². The number of aryl methyl sites for hydroxylation is 6. The van der Waals surface area contributed by atoms with E-state index in [0.717, 1.165) is 140 Å². The van der Waals surface area contributed by atoms with Gasteiger partial charge >= 0.3 is 23.1 Å². The van der Waals surface area contributed by atoms with Gasteiger partial charge in [-0.05, 0) is 140 Å². The number of nitrogens with zero attached hydrogens (tertiary/aromatic N) is 10. The number of benzene rings is 2. The Labute approximate surface area is 491 Å². The van der Waals surface area contributed by atoms with Crippen LogP contribution in [0.5, 0.6) is 0 Å². The van der Waals surface area contributed by atoms with Gasteiger partial charge in [0.2, 0.25) is 20.9 Å². The van der Waals surface area contributed by atoms with Crippen LogP contribution in [0, 0.1) is 41.5 Å². The van der Waals surface area contributed by atoms with E-state index in [1.54, 1.807) is 0 Å². The number of anilines is 1. The number of hydrogen-bond acceptors (Lipinski definition) is 20. The molecule has 8 heterocycles. The highest BCUT2D eigenvalue weighted by Gasteiger charge is 2.27. The molecule has 0 saturated heterocycles. The third-order valence-corrected chi connectivity index (χ3v) is 14.9. The number of halogens is 1. The van der Waals surface area contributed by atoms with Crippen molar-refractivity contribution in [2.24, 2.45) is 5.73 Å². The van der Waals surface area contributed by atoms with Gasteiger partial charge in [0.15, 0.2) is 0 Å². The average Bonchev–Trinajstić information content (AvgIpc) is 3.33. The SMILES string of the molecule is Cc1cnc(N[C@H]2CCC[C@H]2O)nc1-c1cn(-c2ccccc2)c2nc(-c3c(C)noc3C)ccc12.Cc1cnc(S(C)(=O)=O)nc1-c1cn(-c2ccccc2)c2nc(-c3c(C)noc3C)ccc12.Cl.N[C@H]1CCC[C@H]1O.O=S=O.O=S=O. The van der Waals surface area contributed by atoms with E-state index in [2.05, 4.69) is 59.5 Å². The van der Waals surface area contributed by atoms with Crippen molar-refractivity contribution >= 4 is 73.4 Å². The molecule has 0 spiro atoms. The number of sulfone groups is 1. The first-order valence-corrected chi connectivity index (χ1v) is 29.2. The molecular weight excluding hydrogens is 1140 g/mol. The second-order valence-electron chi connectivity index (χ2n) is 19.8. The van der Waals surface area contributed by atoms with Crippen LogP contribution in [-0.4, -0.2) is 115 Å². The molecular formula is C57H61ClN12O10S3. The maximum atomic E-state index is 12.1. The van der Waals surface area contributed by atoms with Gasteiger partial charge in [-0.1, -0.05) is 46.7 Å². The monoisotopic (exact) mass is 1200 g/mol. The van der Waals surface area contributed by atoms with Crippen molar-refractivity contribution in [1.82, 2.24) is 49.4 Å². The molecule has 12 rings (SSSR count). The molecule has 434 valence electrons. The number of hydrogen-bond donors (Lipinski definition) is 4. The van der Waals surface area contributed by atoms with Crippen LogP contribution in [-0.2, 0) is 33.0 Å². The second-order valence-corrected chi connectivity index (χ2v) is 21.9. The van der Waals surface area contributed by atoms with Crippen LogP contribution in [0.4, 0.5) is 5.95 Å². The topological polar surface area (TPSA) is 320 Å². The molecule has 0 radical (unpaired) electrons. The molecule has 26 heteroatoms. The third kappa shape index (κ3) is 14.2. The van der Waals surface area contributed by atoms with Crippen molar-refractivity contribution in [3.05, 3.63) is 144 Å². The lowest BCUT2D eigenvalue weighted by Gasteiger charge is -2.17. The van der Waals surface area contributed by atoms with Gasteiger partial charge in [-0.25, -0.2) is 38.3 Å². The number of nitrogens with one attached hydrogen (secondary N) is 1. The summed E-state index contributed by atoms with van der Waals surface area (Å²) in [6.07, 6.45) is 13.6. The second kappa shape index (κ2) is 27.8. The van der Waals surface area contributed by atoms with Crippen LogP contribution in [0.3, 0.4) is 0 Å². The van der Waals surface area contributed by atoms with Crippen molar-refractivity contribution in [2.75, 3.05) is 11.6 Å². The fourth-order valence-corrected chi connectivity index (χ4v) is 10.5. The van der Waals surface area contributed by atoms with Gasteiger partial charge < -0.3 is 39.4 Å². The van der Waals surface area contributed by atoms with E-state index in [1.165, 1.54) is 6.20 Å². The van der Waals surface area contributed by atoms with E-state index >= 15 is 0 Å². The summed E-state index contributed by atoms with van der Waals surface area (Å²) < 4.78 is 72.2. The number of aromatic nitrogens is 10. The summed E-state index contributed by atoms with van der Waals surface area (Å²) >= 11 is -1.50. The quantitative estimate of drug-likeness (QED) is 0.0981. The fraction of sp³-hybridized carbons (Fsp3) is 0.298. The first-order chi connectivity index (χ1) is 39.4. The van der Waals surface area contributed by atoms with E-state index in [0.29, 0.717) is 23.0 Å². The van der Waals surface area contributed by atoms with E-state index in [9.17, 15) is 13.5 Å². The van der Waals surface area contributed by atoms with Crippen LogP contribution < -0.4 is 11.1 Å². The number of nitrogens with two attached hydrogens (primary N) is 1. The minimum absolute atomic E-state index is 0. The van der Waals surface area contributed by atoms with E-state index < -0.39 is 33.0 Å². The number of pyridine rings is 2. The van der Waals surface area contributed by atoms with Crippen LogP contribution in [0.1, 0.15) is 72.6 Å². The summed E-state index contributed by atoms with van der Waals surface area (Å²) in [5, 5.41) is 32.3. The molecule has 2 aliphatic carbocycles. The Bertz CT molecular complexity index is 4010. The average molecular weight is 1210 g/mol. The predicted octanol–water partition coefficient (Wildman–Crippen LogP) is 8.79. The molecule has 2 aromatic carbocycles. The molecule has 5 N–H and O–H groups in total. The highest BCUT2D eigenvalue weighted by molar-refractivity contribution is 7.90. The molecule has 0 unspecified atom stereocenters. The summed E-state index contributed by atoms with van der Waals surface area (Å²) in [5.74, 6) is 1.97. The minimum atomic E-state index is -3.56. The van der Waals surface area contributed by atoms with Crippen molar-refractivity contribution in [3.63, 3.8) is 0 Å². The van der Waals surface area contributed by atoms with E-state index in [-0.39, 0.29) is 41.9 Å². The smallest absolute Gasteiger partial charge is 0.335 e. The highest BCUT2D eigenvalue weighted by atomic mass is 35.5. The van der Waals surface area contributed by atoms with Crippen molar-refractivity contribution < 1.29 is 44.5 Å². The van der Waals surface area contributed by atoms with Crippen molar-refractivity contribution in [1.29, 1.82) is 0 Å². The lowest BCUT2D eigenvalue weighted by Crippen LogP contribution is -2.28. The van der Waals surface area contributed by atoms with Crippen LogP contribution in [0.25, 0.3) is 78.5 Å². The molecule has 83 heavy (non-hydrogen) atoms. The Morgan fingerprint density at radius 3 is 1.43 bits per heavy atom. The fourth-order valence-electron chi connectivity index (χ4n) is 10.0. The van der Waals surface area contributed by atoms with Crippen LogP contribution >= 0.6 is 12.4 Å². The van der Waals surface area contributed by atoms with Gasteiger partial charge in [-0.15, -0.1) is 12.4 Å². The number of rotatable bonds is 9. The molecule has 22 nitrogen and oxygen atoms in total. The summed E-state index contributed by atoms with van der Waals surface area (Å²) in [5.41, 5.74) is 18.7. The molecule has 2 aliphatic rings. The Morgan fingerprint density at radius 2 is 1.05 bits per heavy atom. The van der Waals surface area contributed by atoms with Crippen molar-refractivity contribution in [3.8, 4) is 56.4 Å². The normalized spacial score (nSPS) is 16.2. The number of aliphatic hydroxyl groups is 2. The van der Waals surface area contributed by atoms with Gasteiger partial charge in [0, 0.05) is 70.4 Å². The summed E-state index contributed by atoms with van der Waals surface area (Å²) in [4.78, 5) is 27.9. The molecule has 0 aliphatic heterocycles. The van der Waals surface area contributed by atoms with Crippen molar-refractivity contribution in [2.45, 2.75) is 110 Å². The van der Waals surface area contributed by atoms with Gasteiger partial charge in [0.05, 0.1) is 63.5 Å². The lowest BCUT2D eigenvalue weighted by molar-refractivity contribution is 0.165. The summed E-state index contributed by atoms with van der Waals surface area (Å²) in [7, 11) is -3.56. The molecule has 2 saturated carbocycles. The Kier molecular flexibility index (Phi) is 21.0. The van der Waals surface area contributed by atoms with Crippen LogP contribution in [0.15, 0.2) is 124 Å². The molecule has 0 bridgehead atoms. The third-order valence-electron chi connectivity index (χ3n) is 14.0. The lowest BCUT2D eigenvalue weighted by atomic mass is 10.1. The molecule has 0 amide bonds. The molecule has 10 aromatic rings. The molecule has 2 fully saturated rings. The maximum absolute atomic E-state index is 12.1. The molecule has 8 aromatic heterocycles. The largest absolute Gasteiger partial charge is 0.392 e. The summed E-state index contributed by atoms with van der Waals surface area (Å²) in [6, 6.07) is 28.0. The van der Waals surface area contributed by atoms with Gasteiger partial charge in [0.1, 0.15) is 22.8 Å². The highest BCUT2D eigenvalue weighted by Crippen LogP contribution is 2.38. The Hall–Kier alpha value is -8.04. The maximum Gasteiger partial charge on any atom is 0.335 e. The zero-order valence-electron chi connectivity index (χ0n) is 46.3. The number of fused-ring (bicyclic) bond motifs is 2. The molecule has 4 atom stereocenters. The van der Waals surface area contributed by atoms with E-state index in [4.69, 9.17) is 51.7 Å². The Morgan fingerprint density at radius 1 is 0.602 bits per heavy atom. The zero-order chi connectivity index (χ0) is 58.8. The Balaban J connectivity index is 0.000000195.